The highest BCUT2D eigenvalue weighted by molar-refractivity contribution is 9.10. The second-order valence-electron chi connectivity index (χ2n) is 2.80. The number of benzene rings is 1. The summed E-state index contributed by atoms with van der Waals surface area (Å²) in [4.78, 5) is -0.350. The lowest BCUT2D eigenvalue weighted by Crippen LogP contribution is -2.00. The molecule has 0 fully saturated rings. The summed E-state index contributed by atoms with van der Waals surface area (Å²) in [7, 11) is -2.27. The maximum atomic E-state index is 11.2. The molecule has 4 nitrogen and oxygen atoms in total. The Bertz CT molecular complexity index is 591. The number of halogens is 2. The Hall–Kier alpha value is -0.110. The molecule has 0 N–H and O–H groups in total. The van der Waals surface area contributed by atoms with Crippen molar-refractivity contribution < 1.29 is 16.8 Å². The Morgan fingerprint density at radius 3 is 2.13 bits per heavy atom. The number of hydrogen-bond acceptors (Lipinski definition) is 4. The van der Waals surface area contributed by atoms with E-state index in [-0.39, 0.29) is 14.3 Å². The van der Waals surface area contributed by atoms with Crippen molar-refractivity contribution in [1.29, 1.82) is 0 Å². The molecule has 0 bridgehead atoms. The Morgan fingerprint density at radius 1 is 1.20 bits per heavy atom. The molecule has 0 aliphatic carbocycles. The molecule has 0 heterocycles. The monoisotopic (exact) mass is 332 g/mol. The van der Waals surface area contributed by atoms with Crippen molar-refractivity contribution >= 4 is 45.5 Å². The second-order valence-corrected chi connectivity index (χ2v) is 8.21. The normalized spacial score (nSPS) is 12.7. The van der Waals surface area contributed by atoms with Crippen molar-refractivity contribution in [2.75, 3.05) is 6.26 Å². The molecule has 84 valence electrons. The molecule has 1 aromatic carbocycles. The average Bonchev–Trinajstić information content (AvgIpc) is 2.00. The maximum Gasteiger partial charge on any atom is 0.262 e. The van der Waals surface area contributed by atoms with Crippen LogP contribution in [0.5, 0.6) is 0 Å². The molecule has 0 aromatic heterocycles. The summed E-state index contributed by atoms with van der Waals surface area (Å²) in [5.41, 5.74) is 0. The first-order chi connectivity index (χ1) is 6.62. The van der Waals surface area contributed by atoms with E-state index in [1.54, 1.807) is 0 Å². The highest BCUT2D eigenvalue weighted by Crippen LogP contribution is 2.27. The number of sulfone groups is 1. The van der Waals surface area contributed by atoms with Gasteiger partial charge in [-0.1, -0.05) is 0 Å². The van der Waals surface area contributed by atoms with E-state index in [1.807, 2.05) is 0 Å². The molecule has 0 amide bonds. The van der Waals surface area contributed by atoms with E-state index in [0.717, 1.165) is 12.3 Å². The molecule has 0 aliphatic rings. The first-order valence-electron chi connectivity index (χ1n) is 3.56. The molecule has 0 aliphatic heterocycles. The minimum atomic E-state index is -3.96. The van der Waals surface area contributed by atoms with E-state index < -0.39 is 18.9 Å². The Kier molecular flexibility index (Phi) is 3.49. The predicted molar refractivity (Wildman–Crippen MR) is 60.3 cm³/mol. The molecule has 0 spiro atoms. The van der Waals surface area contributed by atoms with Crippen LogP contribution >= 0.6 is 26.6 Å². The van der Waals surface area contributed by atoms with Crippen LogP contribution in [0.1, 0.15) is 0 Å². The summed E-state index contributed by atoms with van der Waals surface area (Å²) in [6.45, 7) is 0. The molecule has 0 saturated heterocycles. The maximum absolute atomic E-state index is 11.2. The van der Waals surface area contributed by atoms with Gasteiger partial charge in [-0.05, 0) is 34.1 Å². The fourth-order valence-corrected chi connectivity index (χ4v) is 3.74. The van der Waals surface area contributed by atoms with E-state index in [4.69, 9.17) is 10.7 Å². The molecule has 0 radical (unpaired) electrons. The van der Waals surface area contributed by atoms with Gasteiger partial charge in [0, 0.05) is 21.4 Å². The summed E-state index contributed by atoms with van der Waals surface area (Å²) in [5, 5.41) is 0. The van der Waals surface area contributed by atoms with Gasteiger partial charge in [-0.2, -0.15) is 0 Å². The van der Waals surface area contributed by atoms with Gasteiger partial charge in [0.05, 0.1) is 9.79 Å². The van der Waals surface area contributed by atoms with Crippen LogP contribution in [-0.4, -0.2) is 23.1 Å². The van der Waals surface area contributed by atoms with Gasteiger partial charge < -0.3 is 0 Å². The van der Waals surface area contributed by atoms with Crippen LogP contribution in [0.3, 0.4) is 0 Å². The Balaban J connectivity index is 3.57. The van der Waals surface area contributed by atoms with Crippen LogP contribution < -0.4 is 0 Å². The minimum absolute atomic E-state index is 0.0927. The third kappa shape index (κ3) is 3.17. The second kappa shape index (κ2) is 4.04. The topological polar surface area (TPSA) is 68.3 Å². The molecular formula is C7H6BrClO4S2. The first-order valence-corrected chi connectivity index (χ1v) is 8.56. The lowest BCUT2D eigenvalue weighted by Gasteiger charge is -2.03. The zero-order valence-electron chi connectivity index (χ0n) is 7.44. The van der Waals surface area contributed by atoms with Crippen molar-refractivity contribution in [2.24, 2.45) is 0 Å². The minimum Gasteiger partial charge on any atom is -0.224 e. The van der Waals surface area contributed by atoms with Gasteiger partial charge >= 0.3 is 0 Å². The lowest BCUT2D eigenvalue weighted by molar-refractivity contribution is 0.601. The molecule has 0 unspecified atom stereocenters. The molecule has 8 heteroatoms. The quantitative estimate of drug-likeness (QED) is 0.774. The molecular weight excluding hydrogens is 328 g/mol. The van der Waals surface area contributed by atoms with E-state index >= 15 is 0 Å². The smallest absolute Gasteiger partial charge is 0.224 e. The van der Waals surface area contributed by atoms with Gasteiger partial charge in [0.2, 0.25) is 0 Å². The van der Waals surface area contributed by atoms with Crippen LogP contribution in [0, 0.1) is 0 Å². The first kappa shape index (κ1) is 13.0. The van der Waals surface area contributed by atoms with Crippen LogP contribution in [0.4, 0.5) is 0 Å². The lowest BCUT2D eigenvalue weighted by atomic mass is 10.4. The zero-order chi connectivity index (χ0) is 11.9. The molecule has 1 aromatic rings. The fourth-order valence-electron chi connectivity index (χ4n) is 0.901. The van der Waals surface area contributed by atoms with Crippen LogP contribution in [0.2, 0.25) is 0 Å². The largest absolute Gasteiger partial charge is 0.262 e. The van der Waals surface area contributed by atoms with Gasteiger partial charge in [-0.25, -0.2) is 16.8 Å². The van der Waals surface area contributed by atoms with Gasteiger partial charge in [0.1, 0.15) is 0 Å². The van der Waals surface area contributed by atoms with E-state index in [2.05, 4.69) is 15.9 Å². The summed E-state index contributed by atoms with van der Waals surface area (Å²) in [5.74, 6) is 0. The van der Waals surface area contributed by atoms with E-state index in [0.29, 0.717) is 0 Å². The zero-order valence-corrected chi connectivity index (χ0v) is 11.4. The summed E-state index contributed by atoms with van der Waals surface area (Å²) in [6, 6.07) is 3.64. The van der Waals surface area contributed by atoms with Gasteiger partial charge in [-0.15, -0.1) is 0 Å². The molecule has 1 rings (SSSR count). The molecule has 0 atom stereocenters. The predicted octanol–water partition coefficient (Wildman–Crippen LogP) is 1.78. The molecule has 0 saturated carbocycles. The van der Waals surface area contributed by atoms with Crippen LogP contribution in [0.15, 0.2) is 32.5 Å². The van der Waals surface area contributed by atoms with Crippen molar-refractivity contribution in [3.05, 3.63) is 22.7 Å². The third-order valence-electron chi connectivity index (χ3n) is 1.59. The van der Waals surface area contributed by atoms with E-state index in [1.165, 1.54) is 12.1 Å². The van der Waals surface area contributed by atoms with Crippen LogP contribution in [0.25, 0.3) is 0 Å². The number of hydrogen-bond donors (Lipinski definition) is 0. The third-order valence-corrected chi connectivity index (χ3v) is 5.02. The fraction of sp³-hybridized carbons (Fsp3) is 0.143. The van der Waals surface area contributed by atoms with E-state index in [9.17, 15) is 16.8 Å². The summed E-state index contributed by atoms with van der Waals surface area (Å²) < 4.78 is 44.7. The molecule has 15 heavy (non-hydrogen) atoms. The highest BCUT2D eigenvalue weighted by Gasteiger charge is 2.18. The summed E-state index contributed by atoms with van der Waals surface area (Å²) in [6.07, 6.45) is 0.987. The van der Waals surface area contributed by atoms with Gasteiger partial charge in [0.15, 0.2) is 9.84 Å². The van der Waals surface area contributed by atoms with Crippen molar-refractivity contribution in [3.63, 3.8) is 0 Å². The van der Waals surface area contributed by atoms with Crippen LogP contribution in [-0.2, 0) is 18.9 Å². The standard InChI is InChI=1S/C7H6BrClO4S2/c1-14(10,11)5-2-3-6(8)7(4-5)15(9,12)13/h2-4H,1H3. The Morgan fingerprint density at radius 2 is 1.73 bits per heavy atom. The SMILES string of the molecule is CS(=O)(=O)c1ccc(Br)c(S(=O)(=O)Cl)c1. The van der Waals surface area contributed by atoms with Crippen molar-refractivity contribution in [1.82, 2.24) is 0 Å². The highest BCUT2D eigenvalue weighted by atomic mass is 79.9. The average molecular weight is 334 g/mol. The van der Waals surface area contributed by atoms with Crippen molar-refractivity contribution in [3.8, 4) is 0 Å². The van der Waals surface area contributed by atoms with Gasteiger partial charge in [0.25, 0.3) is 9.05 Å². The van der Waals surface area contributed by atoms with Crippen molar-refractivity contribution in [2.45, 2.75) is 9.79 Å². The van der Waals surface area contributed by atoms with Gasteiger partial charge in [-0.3, -0.25) is 0 Å². The number of rotatable bonds is 2. The Labute approximate surface area is 101 Å². The summed E-state index contributed by atoms with van der Waals surface area (Å²) >= 11 is 2.97.